The van der Waals surface area contributed by atoms with E-state index in [4.69, 9.17) is 10.5 Å². The van der Waals surface area contributed by atoms with Crippen LogP contribution in [0.4, 0.5) is 0 Å². The molecule has 0 aromatic heterocycles. The quantitative estimate of drug-likeness (QED) is 0.723. The molecule has 0 aliphatic carbocycles. The number of ether oxygens (including phenoxy) is 1. The van der Waals surface area contributed by atoms with Gasteiger partial charge in [0.25, 0.3) is 0 Å². The fraction of sp³-hybridized carbons (Fsp3) is 1.00. The zero-order chi connectivity index (χ0) is 11.5. The molecule has 1 aliphatic rings. The Labute approximate surface area is 91.6 Å². The molecule has 1 rings (SSSR count). The summed E-state index contributed by atoms with van der Waals surface area (Å²) in [6, 6.07) is 0. The first-order chi connectivity index (χ1) is 6.95. The number of nitrogens with zero attached hydrogens (tertiary/aromatic N) is 1. The van der Waals surface area contributed by atoms with Gasteiger partial charge in [0.15, 0.2) is 0 Å². The lowest BCUT2D eigenvalue weighted by molar-refractivity contribution is 0.00444. The van der Waals surface area contributed by atoms with Crippen molar-refractivity contribution in [3.05, 3.63) is 0 Å². The molecule has 1 atom stereocenters. The molecule has 0 aromatic rings. The number of hydrogen-bond acceptors (Lipinski definition) is 4. The summed E-state index contributed by atoms with van der Waals surface area (Å²) < 4.78 is 30.6. The summed E-state index contributed by atoms with van der Waals surface area (Å²) in [5.41, 5.74) is 5.46. The van der Waals surface area contributed by atoms with Crippen LogP contribution < -0.4 is 5.73 Å². The maximum Gasteiger partial charge on any atom is 0.214 e. The highest BCUT2D eigenvalue weighted by Crippen LogP contribution is 2.12. The van der Waals surface area contributed by atoms with Gasteiger partial charge < -0.3 is 10.5 Å². The van der Waals surface area contributed by atoms with Crippen molar-refractivity contribution in [1.29, 1.82) is 0 Å². The Morgan fingerprint density at radius 1 is 1.53 bits per heavy atom. The van der Waals surface area contributed by atoms with Crippen LogP contribution in [0.15, 0.2) is 0 Å². The van der Waals surface area contributed by atoms with Gasteiger partial charge in [0.1, 0.15) is 0 Å². The number of morpholine rings is 1. The summed E-state index contributed by atoms with van der Waals surface area (Å²) in [7, 11) is -3.13. The van der Waals surface area contributed by atoms with Crippen molar-refractivity contribution in [2.45, 2.75) is 20.0 Å². The van der Waals surface area contributed by atoms with Gasteiger partial charge in [-0.15, -0.1) is 0 Å². The first-order valence-electron chi connectivity index (χ1n) is 5.25. The van der Waals surface area contributed by atoms with E-state index in [0.717, 1.165) is 0 Å². The molecule has 15 heavy (non-hydrogen) atoms. The molecule has 0 spiro atoms. The highest BCUT2D eigenvalue weighted by molar-refractivity contribution is 7.89. The molecule has 2 N–H and O–H groups in total. The Bertz CT molecular complexity index is 290. The lowest BCUT2D eigenvalue weighted by Crippen LogP contribution is -2.49. The molecule has 0 aromatic carbocycles. The van der Waals surface area contributed by atoms with Gasteiger partial charge in [0.05, 0.1) is 18.5 Å². The van der Waals surface area contributed by atoms with Crippen molar-refractivity contribution in [1.82, 2.24) is 4.31 Å². The minimum absolute atomic E-state index is 0.147. The smallest absolute Gasteiger partial charge is 0.214 e. The van der Waals surface area contributed by atoms with Gasteiger partial charge in [-0.3, -0.25) is 0 Å². The maximum atomic E-state index is 11.9. The third kappa shape index (κ3) is 3.71. The summed E-state index contributed by atoms with van der Waals surface area (Å²) in [5.74, 6) is 0.346. The minimum Gasteiger partial charge on any atom is -0.374 e. The Balaban J connectivity index is 2.62. The third-order valence-corrected chi connectivity index (χ3v) is 4.51. The highest BCUT2D eigenvalue weighted by atomic mass is 32.2. The normalized spacial score (nSPS) is 24.7. The van der Waals surface area contributed by atoms with Crippen LogP contribution >= 0.6 is 0 Å². The second-order valence-electron chi connectivity index (χ2n) is 4.26. The standard InChI is InChI=1S/C9H20N2O3S/c1-8(2)7-15(12,13)11-3-4-14-9(5-10)6-11/h8-9H,3-7,10H2,1-2H3. The Hall–Kier alpha value is -0.170. The highest BCUT2D eigenvalue weighted by Gasteiger charge is 2.29. The fourth-order valence-electron chi connectivity index (χ4n) is 1.61. The van der Waals surface area contributed by atoms with Crippen molar-refractivity contribution in [3.63, 3.8) is 0 Å². The van der Waals surface area contributed by atoms with Crippen molar-refractivity contribution in [3.8, 4) is 0 Å². The van der Waals surface area contributed by atoms with E-state index in [2.05, 4.69) is 0 Å². The van der Waals surface area contributed by atoms with Crippen LogP contribution in [0.3, 0.4) is 0 Å². The lowest BCUT2D eigenvalue weighted by Gasteiger charge is -2.31. The molecular weight excluding hydrogens is 216 g/mol. The number of nitrogens with two attached hydrogens (primary N) is 1. The Kier molecular flexibility index (Phi) is 4.51. The van der Waals surface area contributed by atoms with Gasteiger partial charge in [0.2, 0.25) is 10.0 Å². The molecular formula is C9H20N2O3S. The average molecular weight is 236 g/mol. The zero-order valence-electron chi connectivity index (χ0n) is 9.35. The molecule has 6 heteroatoms. The van der Waals surface area contributed by atoms with Crippen molar-refractivity contribution >= 4 is 10.0 Å². The molecule has 0 bridgehead atoms. The predicted octanol–water partition coefficient (Wildman–Crippen LogP) is -0.368. The largest absolute Gasteiger partial charge is 0.374 e. The molecule has 90 valence electrons. The summed E-state index contributed by atoms with van der Waals surface area (Å²) in [6.07, 6.45) is -0.152. The maximum absolute atomic E-state index is 11.9. The molecule has 1 unspecified atom stereocenters. The van der Waals surface area contributed by atoms with Crippen LogP contribution in [0.2, 0.25) is 0 Å². The SMILES string of the molecule is CC(C)CS(=O)(=O)N1CCOC(CN)C1. The molecule has 1 aliphatic heterocycles. The van der Waals surface area contributed by atoms with Gasteiger partial charge in [-0.25, -0.2) is 8.42 Å². The number of hydrogen-bond donors (Lipinski definition) is 1. The fourth-order valence-corrected chi connectivity index (χ4v) is 3.41. The second-order valence-corrected chi connectivity index (χ2v) is 6.27. The predicted molar refractivity (Wildman–Crippen MR) is 59.0 cm³/mol. The summed E-state index contributed by atoms with van der Waals surface area (Å²) >= 11 is 0. The molecule has 1 saturated heterocycles. The van der Waals surface area contributed by atoms with E-state index in [1.807, 2.05) is 13.8 Å². The third-order valence-electron chi connectivity index (χ3n) is 2.30. The Morgan fingerprint density at radius 3 is 2.73 bits per heavy atom. The van der Waals surface area contributed by atoms with E-state index in [1.165, 1.54) is 4.31 Å². The topological polar surface area (TPSA) is 72.6 Å². The van der Waals surface area contributed by atoms with Crippen LogP contribution in [0.5, 0.6) is 0 Å². The Morgan fingerprint density at radius 2 is 2.20 bits per heavy atom. The molecule has 0 radical (unpaired) electrons. The van der Waals surface area contributed by atoms with Gasteiger partial charge >= 0.3 is 0 Å². The molecule has 0 amide bonds. The van der Waals surface area contributed by atoms with Gasteiger partial charge in [-0.1, -0.05) is 13.8 Å². The molecule has 0 saturated carbocycles. The zero-order valence-corrected chi connectivity index (χ0v) is 10.2. The van der Waals surface area contributed by atoms with E-state index in [0.29, 0.717) is 26.2 Å². The molecule has 1 fully saturated rings. The van der Waals surface area contributed by atoms with Gasteiger partial charge in [-0.05, 0) is 5.92 Å². The minimum atomic E-state index is -3.13. The monoisotopic (exact) mass is 236 g/mol. The van der Waals surface area contributed by atoms with Crippen molar-refractivity contribution < 1.29 is 13.2 Å². The van der Waals surface area contributed by atoms with E-state index in [9.17, 15) is 8.42 Å². The van der Waals surface area contributed by atoms with Crippen LogP contribution in [-0.2, 0) is 14.8 Å². The van der Waals surface area contributed by atoms with E-state index in [1.54, 1.807) is 0 Å². The van der Waals surface area contributed by atoms with E-state index in [-0.39, 0.29) is 17.8 Å². The first-order valence-corrected chi connectivity index (χ1v) is 6.86. The van der Waals surface area contributed by atoms with Gasteiger partial charge in [0, 0.05) is 19.6 Å². The van der Waals surface area contributed by atoms with E-state index >= 15 is 0 Å². The first kappa shape index (κ1) is 12.9. The summed E-state index contributed by atoms with van der Waals surface area (Å²) in [4.78, 5) is 0. The van der Waals surface area contributed by atoms with Crippen LogP contribution in [0.25, 0.3) is 0 Å². The molecule has 1 heterocycles. The van der Waals surface area contributed by atoms with Crippen LogP contribution in [-0.4, -0.2) is 50.8 Å². The summed E-state index contributed by atoms with van der Waals surface area (Å²) in [6.45, 7) is 5.46. The molecule has 5 nitrogen and oxygen atoms in total. The summed E-state index contributed by atoms with van der Waals surface area (Å²) in [5, 5.41) is 0. The van der Waals surface area contributed by atoms with Crippen molar-refractivity contribution in [2.24, 2.45) is 11.7 Å². The average Bonchev–Trinajstić information content (AvgIpc) is 2.16. The second kappa shape index (κ2) is 5.25. The van der Waals surface area contributed by atoms with Crippen LogP contribution in [0, 0.1) is 5.92 Å². The van der Waals surface area contributed by atoms with E-state index < -0.39 is 10.0 Å². The van der Waals surface area contributed by atoms with Gasteiger partial charge in [-0.2, -0.15) is 4.31 Å². The number of rotatable bonds is 4. The van der Waals surface area contributed by atoms with Crippen LogP contribution in [0.1, 0.15) is 13.8 Å². The number of sulfonamides is 1. The lowest BCUT2D eigenvalue weighted by atomic mass is 10.3. The van der Waals surface area contributed by atoms with Crippen molar-refractivity contribution in [2.75, 3.05) is 32.0 Å².